The van der Waals surface area contributed by atoms with Crippen LogP contribution < -0.4 is 11.5 Å². The fourth-order valence-corrected chi connectivity index (χ4v) is 1.69. The summed E-state index contributed by atoms with van der Waals surface area (Å²) >= 11 is 3.45. The number of hydrogen-bond acceptors (Lipinski definition) is 2. The van der Waals surface area contributed by atoms with E-state index in [0.717, 1.165) is 16.5 Å². The molecule has 2 nitrogen and oxygen atoms in total. The standard InChI is InChI=1S/C9H13BrN2/c10-8-4-2-1-3-7(8)9(12)5-6-11/h1-4,9H,5-6,11-12H2. The average molecular weight is 229 g/mol. The maximum Gasteiger partial charge on any atom is 0.0318 e. The minimum absolute atomic E-state index is 0.0468. The molecule has 0 aliphatic carbocycles. The summed E-state index contributed by atoms with van der Waals surface area (Å²) in [5, 5.41) is 0. The lowest BCUT2D eigenvalue weighted by Crippen LogP contribution is -2.15. The summed E-state index contributed by atoms with van der Waals surface area (Å²) in [6.45, 7) is 0.627. The Bertz CT molecular complexity index is 250. The van der Waals surface area contributed by atoms with Crippen molar-refractivity contribution in [3.63, 3.8) is 0 Å². The molecule has 1 atom stereocenters. The summed E-state index contributed by atoms with van der Waals surface area (Å²) in [5.41, 5.74) is 12.4. The van der Waals surface area contributed by atoms with E-state index in [1.54, 1.807) is 0 Å². The van der Waals surface area contributed by atoms with E-state index in [1.165, 1.54) is 0 Å². The molecule has 1 unspecified atom stereocenters. The molecule has 12 heavy (non-hydrogen) atoms. The summed E-state index contributed by atoms with van der Waals surface area (Å²) in [5.74, 6) is 0. The van der Waals surface area contributed by atoms with Crippen LogP contribution in [0, 0.1) is 0 Å². The highest BCUT2D eigenvalue weighted by molar-refractivity contribution is 9.10. The van der Waals surface area contributed by atoms with Crippen molar-refractivity contribution in [1.82, 2.24) is 0 Å². The Kier molecular flexibility index (Phi) is 3.72. The van der Waals surface area contributed by atoms with Crippen molar-refractivity contribution in [1.29, 1.82) is 0 Å². The molecule has 0 fully saturated rings. The molecule has 0 bridgehead atoms. The third-order valence-corrected chi connectivity index (χ3v) is 2.50. The number of benzene rings is 1. The second-order valence-electron chi connectivity index (χ2n) is 2.71. The Morgan fingerprint density at radius 3 is 2.58 bits per heavy atom. The fraction of sp³-hybridized carbons (Fsp3) is 0.333. The van der Waals surface area contributed by atoms with Gasteiger partial charge in [-0.25, -0.2) is 0 Å². The van der Waals surface area contributed by atoms with Gasteiger partial charge in [0.05, 0.1) is 0 Å². The summed E-state index contributed by atoms with van der Waals surface area (Å²) in [7, 11) is 0. The second kappa shape index (κ2) is 4.60. The monoisotopic (exact) mass is 228 g/mol. The van der Waals surface area contributed by atoms with E-state index in [-0.39, 0.29) is 6.04 Å². The maximum atomic E-state index is 5.90. The highest BCUT2D eigenvalue weighted by atomic mass is 79.9. The SMILES string of the molecule is NCCC(N)c1ccccc1Br. The predicted molar refractivity (Wildman–Crippen MR) is 54.7 cm³/mol. The Hall–Kier alpha value is -0.380. The lowest BCUT2D eigenvalue weighted by molar-refractivity contribution is 0.659. The molecule has 3 heteroatoms. The van der Waals surface area contributed by atoms with E-state index in [0.29, 0.717) is 6.54 Å². The van der Waals surface area contributed by atoms with Gasteiger partial charge in [0.15, 0.2) is 0 Å². The summed E-state index contributed by atoms with van der Waals surface area (Å²) in [6, 6.07) is 8.01. The van der Waals surface area contributed by atoms with Crippen LogP contribution >= 0.6 is 15.9 Å². The zero-order valence-corrected chi connectivity index (χ0v) is 8.42. The average Bonchev–Trinajstić information content (AvgIpc) is 2.05. The van der Waals surface area contributed by atoms with Crippen LogP contribution in [0.15, 0.2) is 28.7 Å². The number of rotatable bonds is 3. The van der Waals surface area contributed by atoms with Gasteiger partial charge in [0, 0.05) is 10.5 Å². The van der Waals surface area contributed by atoms with Crippen LogP contribution in [0.5, 0.6) is 0 Å². The molecule has 0 saturated heterocycles. The molecule has 0 aromatic heterocycles. The summed E-state index contributed by atoms with van der Waals surface area (Å²) in [4.78, 5) is 0. The van der Waals surface area contributed by atoms with Crippen molar-refractivity contribution in [3.8, 4) is 0 Å². The molecular formula is C9H13BrN2. The molecule has 0 radical (unpaired) electrons. The van der Waals surface area contributed by atoms with Crippen LogP contribution in [0.1, 0.15) is 18.0 Å². The van der Waals surface area contributed by atoms with Gasteiger partial charge >= 0.3 is 0 Å². The zero-order valence-electron chi connectivity index (χ0n) is 6.83. The van der Waals surface area contributed by atoms with Gasteiger partial charge in [-0.15, -0.1) is 0 Å². The van der Waals surface area contributed by atoms with Crippen LogP contribution in [0.2, 0.25) is 0 Å². The second-order valence-corrected chi connectivity index (χ2v) is 3.56. The van der Waals surface area contributed by atoms with Crippen LogP contribution in [0.3, 0.4) is 0 Å². The van der Waals surface area contributed by atoms with E-state index in [2.05, 4.69) is 15.9 Å². The van der Waals surface area contributed by atoms with E-state index in [4.69, 9.17) is 11.5 Å². The first-order chi connectivity index (χ1) is 5.75. The van der Waals surface area contributed by atoms with Crippen molar-refractivity contribution < 1.29 is 0 Å². The molecule has 0 heterocycles. The molecule has 0 aliphatic heterocycles. The highest BCUT2D eigenvalue weighted by Crippen LogP contribution is 2.22. The normalized spacial score (nSPS) is 12.9. The van der Waals surface area contributed by atoms with Gasteiger partial charge in [-0.1, -0.05) is 34.1 Å². The third kappa shape index (κ3) is 2.30. The third-order valence-electron chi connectivity index (χ3n) is 1.78. The Labute approximate surface area is 81.1 Å². The van der Waals surface area contributed by atoms with Crippen molar-refractivity contribution in [2.75, 3.05) is 6.54 Å². The minimum Gasteiger partial charge on any atom is -0.330 e. The Balaban J connectivity index is 2.79. The lowest BCUT2D eigenvalue weighted by atomic mass is 10.1. The van der Waals surface area contributed by atoms with Crippen molar-refractivity contribution >= 4 is 15.9 Å². The summed E-state index contributed by atoms with van der Waals surface area (Å²) < 4.78 is 1.06. The predicted octanol–water partition coefficient (Wildman–Crippen LogP) is 1.80. The molecule has 0 aliphatic rings. The molecule has 66 valence electrons. The maximum absolute atomic E-state index is 5.90. The molecule has 4 N–H and O–H groups in total. The smallest absolute Gasteiger partial charge is 0.0318 e. The van der Waals surface area contributed by atoms with Gasteiger partial charge in [-0.05, 0) is 24.6 Å². The van der Waals surface area contributed by atoms with Crippen LogP contribution in [0.25, 0.3) is 0 Å². The molecule has 0 saturated carbocycles. The van der Waals surface area contributed by atoms with E-state index >= 15 is 0 Å². The van der Waals surface area contributed by atoms with E-state index in [9.17, 15) is 0 Å². The minimum atomic E-state index is 0.0468. The Morgan fingerprint density at radius 2 is 2.00 bits per heavy atom. The molecule has 1 rings (SSSR count). The van der Waals surface area contributed by atoms with E-state index in [1.807, 2.05) is 24.3 Å². The van der Waals surface area contributed by atoms with Gasteiger partial charge in [-0.3, -0.25) is 0 Å². The number of hydrogen-bond donors (Lipinski definition) is 2. The van der Waals surface area contributed by atoms with Gasteiger partial charge in [0.1, 0.15) is 0 Å². The van der Waals surface area contributed by atoms with Gasteiger partial charge in [0.25, 0.3) is 0 Å². The molecular weight excluding hydrogens is 216 g/mol. The fourth-order valence-electron chi connectivity index (χ4n) is 1.11. The lowest BCUT2D eigenvalue weighted by Gasteiger charge is -2.11. The first-order valence-electron chi connectivity index (χ1n) is 3.95. The van der Waals surface area contributed by atoms with Gasteiger partial charge in [0.2, 0.25) is 0 Å². The van der Waals surface area contributed by atoms with Crippen LogP contribution in [-0.4, -0.2) is 6.54 Å². The van der Waals surface area contributed by atoms with Gasteiger partial charge in [-0.2, -0.15) is 0 Å². The highest BCUT2D eigenvalue weighted by Gasteiger charge is 2.06. The molecule has 0 spiro atoms. The van der Waals surface area contributed by atoms with Crippen LogP contribution in [-0.2, 0) is 0 Å². The topological polar surface area (TPSA) is 52.0 Å². The summed E-state index contributed by atoms with van der Waals surface area (Å²) in [6.07, 6.45) is 0.822. The number of halogens is 1. The van der Waals surface area contributed by atoms with Crippen molar-refractivity contribution in [2.24, 2.45) is 11.5 Å². The van der Waals surface area contributed by atoms with Crippen molar-refractivity contribution in [2.45, 2.75) is 12.5 Å². The zero-order chi connectivity index (χ0) is 8.97. The Morgan fingerprint density at radius 1 is 1.33 bits per heavy atom. The quantitative estimate of drug-likeness (QED) is 0.830. The molecule has 1 aromatic rings. The molecule has 0 amide bonds. The first kappa shape index (κ1) is 9.71. The number of nitrogens with two attached hydrogens (primary N) is 2. The first-order valence-corrected chi connectivity index (χ1v) is 4.75. The largest absolute Gasteiger partial charge is 0.330 e. The van der Waals surface area contributed by atoms with Crippen LogP contribution in [0.4, 0.5) is 0 Å². The van der Waals surface area contributed by atoms with Gasteiger partial charge < -0.3 is 11.5 Å². The van der Waals surface area contributed by atoms with Crippen molar-refractivity contribution in [3.05, 3.63) is 34.3 Å². The molecule has 1 aromatic carbocycles. The van der Waals surface area contributed by atoms with E-state index < -0.39 is 0 Å².